The minimum Gasteiger partial charge on any atom is -0.372 e. The van der Waals surface area contributed by atoms with E-state index in [0.717, 1.165) is 6.42 Å². The van der Waals surface area contributed by atoms with Gasteiger partial charge in [-0.2, -0.15) is 5.26 Å². The lowest BCUT2D eigenvalue weighted by atomic mass is 9.83. The van der Waals surface area contributed by atoms with Gasteiger partial charge in [0, 0.05) is 6.42 Å². The van der Waals surface area contributed by atoms with E-state index >= 15 is 0 Å². The molecule has 0 aromatic carbocycles. The minimum absolute atomic E-state index is 0.234. The summed E-state index contributed by atoms with van der Waals surface area (Å²) >= 11 is 0. The van der Waals surface area contributed by atoms with Gasteiger partial charge in [0.15, 0.2) is 0 Å². The number of nitrogens with zero attached hydrogens (tertiary/aromatic N) is 1. The molecule has 2 heteroatoms. The van der Waals surface area contributed by atoms with Gasteiger partial charge in [0.2, 0.25) is 0 Å². The summed E-state index contributed by atoms with van der Waals surface area (Å²) in [7, 11) is 0. The molecule has 0 bridgehead atoms. The maximum Gasteiger partial charge on any atom is 0.0687 e. The van der Waals surface area contributed by atoms with Crippen LogP contribution in [-0.2, 0) is 4.74 Å². The molecule has 1 spiro atoms. The lowest BCUT2D eigenvalue weighted by Gasteiger charge is -2.33. The predicted molar refractivity (Wildman–Crippen MR) is 54.8 cm³/mol. The van der Waals surface area contributed by atoms with Crippen molar-refractivity contribution in [1.82, 2.24) is 0 Å². The van der Waals surface area contributed by atoms with Crippen LogP contribution in [0.5, 0.6) is 0 Å². The van der Waals surface area contributed by atoms with Crippen molar-refractivity contribution in [3.8, 4) is 6.07 Å². The summed E-state index contributed by atoms with van der Waals surface area (Å²) in [6, 6.07) is 2.21. The summed E-state index contributed by atoms with van der Waals surface area (Å²) in [4.78, 5) is 0. The molecule has 1 heterocycles. The van der Waals surface area contributed by atoms with E-state index in [4.69, 9.17) is 10.00 Å². The molecule has 1 saturated heterocycles. The lowest BCUT2D eigenvalue weighted by Crippen LogP contribution is -2.31. The maximum absolute atomic E-state index is 8.52. The van der Waals surface area contributed by atoms with Crippen LogP contribution in [0.15, 0.2) is 0 Å². The SMILES string of the molecule is N#CCCC1CCC2(CCCCC2)O1. The molecule has 0 N–H and O–H groups in total. The third-order valence-electron chi connectivity index (χ3n) is 3.68. The third-order valence-corrected chi connectivity index (χ3v) is 3.68. The first-order valence-electron chi connectivity index (χ1n) is 5.89. The standard InChI is InChI=1S/C12H19NO/c13-10-4-5-11-6-9-12(14-11)7-2-1-3-8-12/h11H,1-9H2. The Labute approximate surface area is 86.2 Å². The van der Waals surface area contributed by atoms with Crippen molar-refractivity contribution in [3.63, 3.8) is 0 Å². The van der Waals surface area contributed by atoms with Crippen molar-refractivity contribution in [2.45, 2.75) is 69.5 Å². The Hall–Kier alpha value is -0.550. The molecule has 1 atom stereocenters. The van der Waals surface area contributed by atoms with Crippen molar-refractivity contribution < 1.29 is 4.74 Å². The molecule has 14 heavy (non-hydrogen) atoms. The number of hydrogen-bond donors (Lipinski definition) is 0. The van der Waals surface area contributed by atoms with Crippen molar-refractivity contribution in [1.29, 1.82) is 5.26 Å². The second-order valence-electron chi connectivity index (χ2n) is 4.72. The predicted octanol–water partition coefficient (Wildman–Crippen LogP) is 3.17. The van der Waals surface area contributed by atoms with E-state index in [2.05, 4.69) is 6.07 Å². The largest absolute Gasteiger partial charge is 0.372 e. The van der Waals surface area contributed by atoms with Crippen LogP contribution in [0.1, 0.15) is 57.8 Å². The number of rotatable bonds is 2. The van der Waals surface area contributed by atoms with E-state index in [1.807, 2.05) is 0 Å². The summed E-state index contributed by atoms with van der Waals surface area (Å²) in [6.45, 7) is 0. The van der Waals surface area contributed by atoms with Crippen LogP contribution in [-0.4, -0.2) is 11.7 Å². The zero-order valence-electron chi connectivity index (χ0n) is 8.80. The third kappa shape index (κ3) is 2.09. The first-order valence-corrected chi connectivity index (χ1v) is 5.89. The fourth-order valence-electron chi connectivity index (χ4n) is 2.89. The molecule has 0 amide bonds. The molecule has 2 fully saturated rings. The quantitative estimate of drug-likeness (QED) is 0.674. The Balaban J connectivity index is 1.83. The van der Waals surface area contributed by atoms with Crippen LogP contribution in [0.2, 0.25) is 0 Å². The minimum atomic E-state index is 0.234. The van der Waals surface area contributed by atoms with E-state index in [0.29, 0.717) is 12.5 Å². The van der Waals surface area contributed by atoms with E-state index < -0.39 is 0 Å². The van der Waals surface area contributed by atoms with E-state index in [-0.39, 0.29) is 5.60 Å². The van der Waals surface area contributed by atoms with Crippen LogP contribution in [0.4, 0.5) is 0 Å². The normalized spacial score (nSPS) is 30.4. The maximum atomic E-state index is 8.52. The molecule has 0 radical (unpaired) electrons. The highest BCUT2D eigenvalue weighted by Gasteiger charge is 2.40. The average molecular weight is 193 g/mol. The second-order valence-corrected chi connectivity index (χ2v) is 4.72. The molecule has 1 unspecified atom stereocenters. The molecule has 1 saturated carbocycles. The summed E-state index contributed by atoms with van der Waals surface area (Å²) in [5.74, 6) is 0. The van der Waals surface area contributed by atoms with E-state index in [1.54, 1.807) is 0 Å². The Kier molecular flexibility index (Phi) is 3.08. The molecule has 78 valence electrons. The Morgan fingerprint density at radius 1 is 1.21 bits per heavy atom. The molecule has 0 aromatic rings. The Morgan fingerprint density at radius 2 is 2.00 bits per heavy atom. The lowest BCUT2D eigenvalue weighted by molar-refractivity contribution is -0.0650. The fourth-order valence-corrected chi connectivity index (χ4v) is 2.89. The molecule has 2 nitrogen and oxygen atoms in total. The first kappa shape index (κ1) is 9.98. The van der Waals surface area contributed by atoms with E-state index in [1.165, 1.54) is 44.9 Å². The van der Waals surface area contributed by atoms with Gasteiger partial charge in [0.1, 0.15) is 0 Å². The molecule has 2 rings (SSSR count). The Bertz CT molecular complexity index is 225. The van der Waals surface area contributed by atoms with Gasteiger partial charge in [-0.15, -0.1) is 0 Å². The summed E-state index contributed by atoms with van der Waals surface area (Å²) in [5.41, 5.74) is 0.234. The Morgan fingerprint density at radius 3 is 2.71 bits per heavy atom. The smallest absolute Gasteiger partial charge is 0.0687 e. The van der Waals surface area contributed by atoms with Crippen molar-refractivity contribution in [2.75, 3.05) is 0 Å². The molecule has 2 aliphatic rings. The summed E-state index contributed by atoms with van der Waals surface area (Å²) in [6.07, 6.45) is 11.0. The summed E-state index contributed by atoms with van der Waals surface area (Å²) in [5, 5.41) is 8.52. The molecular formula is C12H19NO. The van der Waals surface area contributed by atoms with Crippen LogP contribution in [0, 0.1) is 11.3 Å². The topological polar surface area (TPSA) is 33.0 Å². The van der Waals surface area contributed by atoms with Crippen LogP contribution >= 0.6 is 0 Å². The average Bonchev–Trinajstić information content (AvgIpc) is 2.60. The highest BCUT2D eigenvalue weighted by atomic mass is 16.5. The number of ether oxygens (including phenoxy) is 1. The monoisotopic (exact) mass is 193 g/mol. The van der Waals surface area contributed by atoms with Gasteiger partial charge in [0.25, 0.3) is 0 Å². The van der Waals surface area contributed by atoms with Crippen LogP contribution < -0.4 is 0 Å². The van der Waals surface area contributed by atoms with Gasteiger partial charge in [-0.25, -0.2) is 0 Å². The fraction of sp³-hybridized carbons (Fsp3) is 0.917. The van der Waals surface area contributed by atoms with Gasteiger partial charge in [0.05, 0.1) is 17.8 Å². The van der Waals surface area contributed by atoms with Gasteiger partial charge in [-0.3, -0.25) is 0 Å². The molecular weight excluding hydrogens is 174 g/mol. The second kappa shape index (κ2) is 4.31. The van der Waals surface area contributed by atoms with Gasteiger partial charge < -0.3 is 4.74 Å². The zero-order chi connectivity index (χ0) is 9.86. The molecule has 1 aliphatic heterocycles. The van der Waals surface area contributed by atoms with Gasteiger partial charge in [-0.1, -0.05) is 19.3 Å². The summed E-state index contributed by atoms with van der Waals surface area (Å²) < 4.78 is 6.14. The van der Waals surface area contributed by atoms with Gasteiger partial charge in [-0.05, 0) is 32.1 Å². The number of nitriles is 1. The molecule has 1 aliphatic carbocycles. The van der Waals surface area contributed by atoms with E-state index in [9.17, 15) is 0 Å². The zero-order valence-corrected chi connectivity index (χ0v) is 8.80. The highest BCUT2D eigenvalue weighted by molar-refractivity contribution is 4.91. The first-order chi connectivity index (χ1) is 6.85. The van der Waals surface area contributed by atoms with Crippen LogP contribution in [0.25, 0.3) is 0 Å². The van der Waals surface area contributed by atoms with Gasteiger partial charge >= 0.3 is 0 Å². The van der Waals surface area contributed by atoms with Crippen LogP contribution in [0.3, 0.4) is 0 Å². The highest BCUT2D eigenvalue weighted by Crippen LogP contribution is 2.42. The van der Waals surface area contributed by atoms with Crippen molar-refractivity contribution in [2.24, 2.45) is 0 Å². The molecule has 0 aromatic heterocycles. The van der Waals surface area contributed by atoms with Crippen molar-refractivity contribution in [3.05, 3.63) is 0 Å². The number of hydrogen-bond acceptors (Lipinski definition) is 2. The van der Waals surface area contributed by atoms with Crippen molar-refractivity contribution >= 4 is 0 Å².